The SMILES string of the molecule is Cc1ccc([C@@H](CN2CCOCC2)NC(=O)CNC(=O)c2ccc(Cl)cc2)cc1. The highest BCUT2D eigenvalue weighted by Gasteiger charge is 2.20. The number of rotatable bonds is 7. The number of morpholine rings is 1. The topological polar surface area (TPSA) is 70.7 Å². The van der Waals surface area contributed by atoms with Gasteiger partial charge in [-0.3, -0.25) is 14.5 Å². The molecule has 1 aliphatic heterocycles. The number of carbonyl (C=O) groups excluding carboxylic acids is 2. The van der Waals surface area contributed by atoms with E-state index < -0.39 is 0 Å². The third-order valence-corrected chi connectivity index (χ3v) is 5.13. The van der Waals surface area contributed by atoms with Gasteiger partial charge in [0.15, 0.2) is 0 Å². The van der Waals surface area contributed by atoms with Crippen molar-refractivity contribution in [3.8, 4) is 0 Å². The van der Waals surface area contributed by atoms with Crippen LogP contribution in [-0.4, -0.2) is 56.1 Å². The second-order valence-electron chi connectivity index (χ2n) is 7.13. The molecule has 2 amide bonds. The van der Waals surface area contributed by atoms with E-state index in [1.807, 2.05) is 31.2 Å². The summed E-state index contributed by atoms with van der Waals surface area (Å²) in [5.41, 5.74) is 2.67. The maximum atomic E-state index is 12.5. The summed E-state index contributed by atoms with van der Waals surface area (Å²) in [6.45, 7) is 5.72. The lowest BCUT2D eigenvalue weighted by atomic mass is 10.0. The van der Waals surface area contributed by atoms with Crippen molar-refractivity contribution < 1.29 is 14.3 Å². The summed E-state index contributed by atoms with van der Waals surface area (Å²) in [6, 6.07) is 14.5. The van der Waals surface area contributed by atoms with E-state index in [1.165, 1.54) is 5.56 Å². The number of hydrogen-bond donors (Lipinski definition) is 2. The lowest BCUT2D eigenvalue weighted by Crippen LogP contribution is -2.45. The van der Waals surface area contributed by atoms with Crippen molar-refractivity contribution in [1.82, 2.24) is 15.5 Å². The number of hydrogen-bond acceptors (Lipinski definition) is 4. The quantitative estimate of drug-likeness (QED) is 0.729. The lowest BCUT2D eigenvalue weighted by Gasteiger charge is -2.31. The molecule has 1 heterocycles. The minimum atomic E-state index is -0.308. The highest BCUT2D eigenvalue weighted by Crippen LogP contribution is 2.16. The number of ether oxygens (including phenoxy) is 1. The smallest absolute Gasteiger partial charge is 0.251 e. The molecule has 29 heavy (non-hydrogen) atoms. The zero-order chi connectivity index (χ0) is 20.6. The number of halogens is 1. The fourth-order valence-corrected chi connectivity index (χ4v) is 3.31. The van der Waals surface area contributed by atoms with Gasteiger partial charge in [0.2, 0.25) is 5.91 Å². The summed E-state index contributed by atoms with van der Waals surface area (Å²) in [5, 5.41) is 6.28. The number of carbonyl (C=O) groups is 2. The molecule has 1 aliphatic rings. The third-order valence-electron chi connectivity index (χ3n) is 4.88. The zero-order valence-corrected chi connectivity index (χ0v) is 17.2. The Kier molecular flexibility index (Phi) is 7.63. The summed E-state index contributed by atoms with van der Waals surface area (Å²) in [7, 11) is 0. The molecule has 7 heteroatoms. The Morgan fingerprint density at radius 3 is 2.38 bits per heavy atom. The zero-order valence-electron chi connectivity index (χ0n) is 16.5. The third kappa shape index (κ3) is 6.56. The molecule has 6 nitrogen and oxygen atoms in total. The Morgan fingerprint density at radius 1 is 1.07 bits per heavy atom. The van der Waals surface area contributed by atoms with Crippen LogP contribution < -0.4 is 10.6 Å². The van der Waals surface area contributed by atoms with Crippen LogP contribution in [0.15, 0.2) is 48.5 Å². The molecular weight excluding hydrogens is 390 g/mol. The van der Waals surface area contributed by atoms with Crippen LogP contribution in [0, 0.1) is 6.92 Å². The molecule has 0 radical (unpaired) electrons. The standard InChI is InChI=1S/C22H26ClN3O3/c1-16-2-4-17(5-3-16)20(15-26-10-12-29-13-11-26)25-21(27)14-24-22(28)18-6-8-19(23)9-7-18/h2-9,20H,10-15H2,1H3,(H,24,28)(H,25,27)/t20-/m1/s1. The van der Waals surface area contributed by atoms with Crippen molar-refractivity contribution in [3.63, 3.8) is 0 Å². The Hall–Kier alpha value is -2.41. The minimum Gasteiger partial charge on any atom is -0.379 e. The fourth-order valence-electron chi connectivity index (χ4n) is 3.18. The van der Waals surface area contributed by atoms with Crippen molar-refractivity contribution in [1.29, 1.82) is 0 Å². The minimum absolute atomic E-state index is 0.0903. The summed E-state index contributed by atoms with van der Waals surface area (Å²) in [5.74, 6) is -0.539. The molecule has 3 rings (SSSR count). The first-order chi connectivity index (χ1) is 14.0. The molecule has 1 atom stereocenters. The molecule has 154 valence electrons. The molecule has 0 aliphatic carbocycles. The predicted molar refractivity (Wildman–Crippen MR) is 113 cm³/mol. The normalized spacial score (nSPS) is 15.5. The van der Waals surface area contributed by atoms with E-state index in [-0.39, 0.29) is 24.4 Å². The van der Waals surface area contributed by atoms with Crippen molar-refractivity contribution in [2.45, 2.75) is 13.0 Å². The summed E-state index contributed by atoms with van der Waals surface area (Å²) < 4.78 is 5.41. The van der Waals surface area contributed by atoms with Crippen molar-refractivity contribution in [2.24, 2.45) is 0 Å². The van der Waals surface area contributed by atoms with Crippen LogP contribution in [0.5, 0.6) is 0 Å². The molecule has 0 bridgehead atoms. The first-order valence-corrected chi connectivity index (χ1v) is 10.1. The Morgan fingerprint density at radius 2 is 1.72 bits per heavy atom. The van der Waals surface area contributed by atoms with Gasteiger partial charge >= 0.3 is 0 Å². The summed E-state index contributed by atoms with van der Waals surface area (Å²) in [6.07, 6.45) is 0. The first-order valence-electron chi connectivity index (χ1n) is 9.71. The second kappa shape index (κ2) is 10.4. The molecule has 1 fully saturated rings. The van der Waals surface area contributed by atoms with Crippen LogP contribution in [0.25, 0.3) is 0 Å². The van der Waals surface area contributed by atoms with Gasteiger partial charge in [0, 0.05) is 30.2 Å². The van der Waals surface area contributed by atoms with Gasteiger partial charge in [-0.05, 0) is 36.8 Å². The highest BCUT2D eigenvalue weighted by atomic mass is 35.5. The molecule has 0 unspecified atom stereocenters. The van der Waals surface area contributed by atoms with Gasteiger partial charge in [-0.2, -0.15) is 0 Å². The van der Waals surface area contributed by atoms with Gasteiger partial charge in [-0.15, -0.1) is 0 Å². The lowest BCUT2D eigenvalue weighted by molar-refractivity contribution is -0.121. The largest absolute Gasteiger partial charge is 0.379 e. The summed E-state index contributed by atoms with van der Waals surface area (Å²) in [4.78, 5) is 27.0. The maximum absolute atomic E-state index is 12.5. The van der Waals surface area contributed by atoms with Crippen molar-refractivity contribution in [2.75, 3.05) is 39.4 Å². The van der Waals surface area contributed by atoms with Gasteiger partial charge < -0.3 is 15.4 Å². The predicted octanol–water partition coefficient (Wildman–Crippen LogP) is 2.57. The Bertz CT molecular complexity index is 818. The highest BCUT2D eigenvalue weighted by molar-refractivity contribution is 6.30. The van der Waals surface area contributed by atoms with Crippen LogP contribution >= 0.6 is 11.6 Å². The van der Waals surface area contributed by atoms with Crippen LogP contribution in [0.1, 0.15) is 27.5 Å². The molecule has 1 saturated heterocycles. The molecule has 0 saturated carbocycles. The van der Waals surface area contributed by atoms with Crippen LogP contribution in [0.4, 0.5) is 0 Å². The average molecular weight is 416 g/mol. The van der Waals surface area contributed by atoms with Crippen LogP contribution in [0.2, 0.25) is 5.02 Å². The van der Waals surface area contributed by atoms with Gasteiger partial charge in [0.05, 0.1) is 25.8 Å². The van der Waals surface area contributed by atoms with Crippen molar-refractivity contribution in [3.05, 3.63) is 70.2 Å². The number of benzene rings is 2. The van der Waals surface area contributed by atoms with E-state index in [9.17, 15) is 9.59 Å². The monoisotopic (exact) mass is 415 g/mol. The average Bonchev–Trinajstić information content (AvgIpc) is 2.73. The number of amides is 2. The number of aryl methyl sites for hydroxylation is 1. The van der Waals surface area contributed by atoms with E-state index >= 15 is 0 Å². The van der Waals surface area contributed by atoms with Gasteiger partial charge in [0.1, 0.15) is 0 Å². The van der Waals surface area contributed by atoms with E-state index in [0.29, 0.717) is 30.3 Å². The molecule has 0 spiro atoms. The van der Waals surface area contributed by atoms with E-state index in [2.05, 4.69) is 15.5 Å². The van der Waals surface area contributed by atoms with Gasteiger partial charge in [0.25, 0.3) is 5.91 Å². The van der Waals surface area contributed by atoms with Crippen LogP contribution in [-0.2, 0) is 9.53 Å². The van der Waals surface area contributed by atoms with Gasteiger partial charge in [-0.1, -0.05) is 41.4 Å². The molecule has 2 aromatic carbocycles. The molecule has 2 N–H and O–H groups in total. The number of nitrogens with zero attached hydrogens (tertiary/aromatic N) is 1. The first kappa shape index (κ1) is 21.3. The Balaban J connectivity index is 1.59. The summed E-state index contributed by atoms with van der Waals surface area (Å²) >= 11 is 5.84. The molecule has 2 aromatic rings. The van der Waals surface area contributed by atoms with Crippen molar-refractivity contribution >= 4 is 23.4 Å². The van der Waals surface area contributed by atoms with E-state index in [0.717, 1.165) is 18.7 Å². The van der Waals surface area contributed by atoms with Gasteiger partial charge in [-0.25, -0.2) is 0 Å². The molecular formula is C22H26ClN3O3. The fraction of sp³-hybridized carbons (Fsp3) is 0.364. The van der Waals surface area contributed by atoms with E-state index in [4.69, 9.17) is 16.3 Å². The Labute approximate surface area is 176 Å². The maximum Gasteiger partial charge on any atom is 0.251 e. The molecule has 0 aromatic heterocycles. The van der Waals surface area contributed by atoms with E-state index in [1.54, 1.807) is 24.3 Å². The second-order valence-corrected chi connectivity index (χ2v) is 7.57. The van der Waals surface area contributed by atoms with Crippen LogP contribution in [0.3, 0.4) is 0 Å². The number of nitrogens with one attached hydrogen (secondary N) is 2.